The van der Waals surface area contributed by atoms with Crippen LogP contribution in [0.3, 0.4) is 0 Å². The number of hydrazone groups is 1. The lowest BCUT2D eigenvalue weighted by Gasteiger charge is -2.32. The Bertz CT molecular complexity index is 838. The van der Waals surface area contributed by atoms with E-state index in [1.54, 1.807) is 18.2 Å². The summed E-state index contributed by atoms with van der Waals surface area (Å²) >= 11 is 6.11. The molecule has 30 heavy (non-hydrogen) atoms. The van der Waals surface area contributed by atoms with Crippen LogP contribution in [0.15, 0.2) is 23.3 Å². The number of carbonyl (C=O) groups is 2. The lowest BCUT2D eigenvalue weighted by molar-refractivity contribution is -0.125. The molecule has 8 nitrogen and oxygen atoms in total. The van der Waals surface area contributed by atoms with Gasteiger partial charge in [0.05, 0.1) is 12.3 Å². The van der Waals surface area contributed by atoms with Gasteiger partial charge in [-0.3, -0.25) is 9.69 Å². The summed E-state index contributed by atoms with van der Waals surface area (Å²) in [6.45, 7) is 6.27. The Balaban J connectivity index is 1.32. The molecule has 1 aromatic rings. The monoisotopic (exact) mass is 433 g/mol. The molecule has 3 aliphatic rings. The van der Waals surface area contributed by atoms with Crippen LogP contribution in [0, 0.1) is 0 Å². The van der Waals surface area contributed by atoms with Crippen molar-refractivity contribution in [2.24, 2.45) is 5.10 Å². The normalized spacial score (nSPS) is 22.0. The van der Waals surface area contributed by atoms with Crippen LogP contribution < -0.4 is 4.74 Å². The zero-order valence-corrected chi connectivity index (χ0v) is 18.1. The number of urea groups is 1. The lowest BCUT2D eigenvalue weighted by atomic mass is 10.0. The molecule has 9 heteroatoms. The molecule has 3 aliphatic heterocycles. The molecule has 2 fully saturated rings. The molecule has 3 amide bonds. The summed E-state index contributed by atoms with van der Waals surface area (Å²) in [6.07, 6.45) is 2.34. The van der Waals surface area contributed by atoms with E-state index in [2.05, 4.69) is 21.9 Å². The average molecular weight is 434 g/mol. The summed E-state index contributed by atoms with van der Waals surface area (Å²) in [4.78, 5) is 31.3. The smallest absolute Gasteiger partial charge is 0.347 e. The summed E-state index contributed by atoms with van der Waals surface area (Å²) in [7, 11) is 2.14. The molecule has 162 valence electrons. The fourth-order valence-electron chi connectivity index (χ4n) is 4.00. The number of benzene rings is 1. The van der Waals surface area contributed by atoms with Gasteiger partial charge in [-0.2, -0.15) is 5.10 Å². The first kappa shape index (κ1) is 21.1. The van der Waals surface area contributed by atoms with Gasteiger partial charge < -0.3 is 14.5 Å². The molecule has 0 atom stereocenters. The molecule has 0 N–H and O–H groups in total. The SMILES string of the molecule is CN1CCN(CCCCN2C(=O)CN(/N=C3\CCOc4ccc(Cl)cc43)C2=O)CC1. The molecule has 4 rings (SSSR count). The van der Waals surface area contributed by atoms with Crippen molar-refractivity contribution in [1.82, 2.24) is 19.7 Å². The molecular weight excluding hydrogens is 406 g/mol. The number of carbonyl (C=O) groups excluding carboxylic acids is 2. The maximum Gasteiger partial charge on any atom is 0.347 e. The molecule has 3 heterocycles. The summed E-state index contributed by atoms with van der Waals surface area (Å²) in [5.41, 5.74) is 1.50. The van der Waals surface area contributed by atoms with Crippen molar-refractivity contribution in [1.29, 1.82) is 0 Å². The minimum atomic E-state index is -0.345. The van der Waals surface area contributed by atoms with Gasteiger partial charge in [0.2, 0.25) is 0 Å². The fourth-order valence-corrected chi connectivity index (χ4v) is 4.17. The predicted molar refractivity (Wildman–Crippen MR) is 115 cm³/mol. The Hall–Kier alpha value is -2.16. The first-order valence-corrected chi connectivity index (χ1v) is 10.9. The van der Waals surface area contributed by atoms with Gasteiger partial charge >= 0.3 is 6.03 Å². The van der Waals surface area contributed by atoms with Gasteiger partial charge in [0.15, 0.2) is 0 Å². The number of imide groups is 1. The molecule has 0 unspecified atom stereocenters. The van der Waals surface area contributed by atoms with E-state index in [1.807, 2.05) is 0 Å². The number of hydrogen-bond donors (Lipinski definition) is 0. The first-order valence-electron chi connectivity index (χ1n) is 10.5. The molecule has 0 saturated carbocycles. The van der Waals surface area contributed by atoms with E-state index in [0.29, 0.717) is 30.3 Å². The number of piperazine rings is 1. The summed E-state index contributed by atoms with van der Waals surface area (Å²) in [5.74, 6) is 0.505. The largest absolute Gasteiger partial charge is 0.492 e. The number of rotatable bonds is 6. The Kier molecular flexibility index (Phi) is 6.55. The predicted octanol–water partition coefficient (Wildman–Crippen LogP) is 2.12. The Morgan fingerprint density at radius 1 is 1.10 bits per heavy atom. The highest BCUT2D eigenvalue weighted by Crippen LogP contribution is 2.28. The summed E-state index contributed by atoms with van der Waals surface area (Å²) < 4.78 is 5.64. The Labute approximate surface area is 182 Å². The number of halogens is 1. The fraction of sp³-hybridized carbons (Fsp3) is 0.571. The second kappa shape index (κ2) is 9.32. The van der Waals surface area contributed by atoms with Gasteiger partial charge in [-0.1, -0.05) is 11.6 Å². The van der Waals surface area contributed by atoms with Crippen molar-refractivity contribution in [3.63, 3.8) is 0 Å². The van der Waals surface area contributed by atoms with E-state index in [0.717, 1.165) is 56.8 Å². The minimum absolute atomic E-state index is 0.0163. The molecule has 1 aromatic carbocycles. The van der Waals surface area contributed by atoms with Crippen molar-refractivity contribution >= 4 is 29.3 Å². The van der Waals surface area contributed by atoms with E-state index in [4.69, 9.17) is 16.3 Å². The maximum atomic E-state index is 12.8. The van der Waals surface area contributed by atoms with Crippen LogP contribution in [0.4, 0.5) is 4.79 Å². The molecule has 0 aliphatic carbocycles. The molecule has 0 bridgehead atoms. The van der Waals surface area contributed by atoms with Crippen LogP contribution in [0.1, 0.15) is 24.8 Å². The van der Waals surface area contributed by atoms with Gasteiger partial charge in [0.1, 0.15) is 12.3 Å². The van der Waals surface area contributed by atoms with Crippen LogP contribution in [-0.4, -0.2) is 96.8 Å². The van der Waals surface area contributed by atoms with Crippen LogP contribution in [0.25, 0.3) is 0 Å². The standard InChI is InChI=1S/C21H28ClN5O3/c1-24-9-11-25(12-10-24)7-2-3-8-26-20(28)15-27(21(26)29)23-18-6-13-30-19-5-4-16(22)14-17(18)19/h4-5,14H,2-3,6-13,15H2,1H3/b23-18+. The van der Waals surface area contributed by atoms with Crippen molar-refractivity contribution in [2.45, 2.75) is 19.3 Å². The zero-order chi connectivity index (χ0) is 21.1. The van der Waals surface area contributed by atoms with E-state index >= 15 is 0 Å². The number of ether oxygens (including phenoxy) is 1. The Morgan fingerprint density at radius 2 is 1.87 bits per heavy atom. The van der Waals surface area contributed by atoms with Gasteiger partial charge in [0, 0.05) is 49.7 Å². The van der Waals surface area contributed by atoms with Crippen LogP contribution in [0.5, 0.6) is 5.75 Å². The second-order valence-corrected chi connectivity index (χ2v) is 8.46. The number of nitrogens with zero attached hydrogens (tertiary/aromatic N) is 5. The number of amides is 3. The highest BCUT2D eigenvalue weighted by molar-refractivity contribution is 6.31. The molecule has 0 aromatic heterocycles. The number of unbranched alkanes of at least 4 members (excludes halogenated alkanes) is 1. The zero-order valence-electron chi connectivity index (χ0n) is 17.3. The number of fused-ring (bicyclic) bond motifs is 1. The quantitative estimate of drug-likeness (QED) is 0.507. The second-order valence-electron chi connectivity index (χ2n) is 8.02. The van der Waals surface area contributed by atoms with Gasteiger partial charge in [-0.15, -0.1) is 0 Å². The summed E-state index contributed by atoms with van der Waals surface area (Å²) in [6, 6.07) is 5.00. The van der Waals surface area contributed by atoms with E-state index in [9.17, 15) is 9.59 Å². The third-order valence-electron chi connectivity index (χ3n) is 5.83. The third-order valence-corrected chi connectivity index (χ3v) is 6.07. The van der Waals surface area contributed by atoms with Gasteiger partial charge in [-0.25, -0.2) is 9.80 Å². The van der Waals surface area contributed by atoms with Crippen molar-refractivity contribution < 1.29 is 14.3 Å². The first-order chi connectivity index (χ1) is 14.5. The Morgan fingerprint density at radius 3 is 2.67 bits per heavy atom. The van der Waals surface area contributed by atoms with Crippen LogP contribution >= 0.6 is 11.6 Å². The third kappa shape index (κ3) is 4.77. The minimum Gasteiger partial charge on any atom is -0.492 e. The van der Waals surface area contributed by atoms with Gasteiger partial charge in [-0.05, 0) is 44.6 Å². The lowest BCUT2D eigenvalue weighted by Crippen LogP contribution is -2.44. The molecule has 0 radical (unpaired) electrons. The topological polar surface area (TPSA) is 68.7 Å². The molecular formula is C21H28ClN5O3. The highest BCUT2D eigenvalue weighted by Gasteiger charge is 2.36. The molecule has 0 spiro atoms. The average Bonchev–Trinajstić information content (AvgIpc) is 3.00. The van der Waals surface area contributed by atoms with Crippen LogP contribution in [-0.2, 0) is 4.79 Å². The highest BCUT2D eigenvalue weighted by atomic mass is 35.5. The van der Waals surface area contributed by atoms with E-state index in [1.165, 1.54) is 9.91 Å². The number of likely N-dealkylation sites (N-methyl/N-ethyl adjacent to an activating group) is 1. The van der Waals surface area contributed by atoms with Crippen molar-refractivity contribution in [3.8, 4) is 5.75 Å². The number of hydrogen-bond acceptors (Lipinski definition) is 6. The van der Waals surface area contributed by atoms with Gasteiger partial charge in [0.25, 0.3) is 5.91 Å². The van der Waals surface area contributed by atoms with Crippen LogP contribution in [0.2, 0.25) is 5.02 Å². The van der Waals surface area contributed by atoms with Crippen molar-refractivity contribution in [2.75, 3.05) is 59.5 Å². The maximum absolute atomic E-state index is 12.8. The molecule has 2 saturated heterocycles. The van der Waals surface area contributed by atoms with Crippen molar-refractivity contribution in [3.05, 3.63) is 28.8 Å². The van der Waals surface area contributed by atoms with E-state index in [-0.39, 0.29) is 18.5 Å². The van der Waals surface area contributed by atoms with E-state index < -0.39 is 0 Å². The summed E-state index contributed by atoms with van der Waals surface area (Å²) in [5, 5.41) is 6.35.